The molecular formula is C22H26N4O2S. The fourth-order valence-electron chi connectivity index (χ4n) is 3.63. The minimum Gasteiger partial charge on any atom is -0.494 e. The van der Waals surface area contributed by atoms with Gasteiger partial charge >= 0.3 is 0 Å². The number of ether oxygens (including phenoxy) is 1. The molecule has 1 aromatic heterocycles. The van der Waals surface area contributed by atoms with Crippen molar-refractivity contribution < 1.29 is 9.53 Å². The number of benzene rings is 2. The van der Waals surface area contributed by atoms with Crippen molar-refractivity contribution >= 4 is 28.7 Å². The van der Waals surface area contributed by atoms with Crippen molar-refractivity contribution in [1.29, 1.82) is 0 Å². The van der Waals surface area contributed by atoms with E-state index in [0.29, 0.717) is 12.4 Å². The summed E-state index contributed by atoms with van der Waals surface area (Å²) in [7, 11) is 0. The highest BCUT2D eigenvalue weighted by Crippen LogP contribution is 2.23. The number of rotatable bonds is 8. The number of H-pyrrole nitrogens is 1. The first-order valence-electron chi connectivity index (χ1n) is 10.0. The van der Waals surface area contributed by atoms with E-state index in [1.165, 1.54) is 17.3 Å². The highest BCUT2D eigenvalue weighted by atomic mass is 32.2. The number of nitrogens with zero attached hydrogens (tertiary/aromatic N) is 2. The third kappa shape index (κ3) is 5.31. The number of carbonyl (C=O) groups is 1. The van der Waals surface area contributed by atoms with Crippen molar-refractivity contribution in [1.82, 2.24) is 20.2 Å². The number of fused-ring (bicyclic) bond motifs is 1. The molecule has 2 heterocycles. The van der Waals surface area contributed by atoms with Gasteiger partial charge in [0, 0.05) is 31.7 Å². The van der Waals surface area contributed by atoms with Crippen LogP contribution in [0.4, 0.5) is 0 Å². The fraction of sp³-hybridized carbons (Fsp3) is 0.364. The Bertz CT molecular complexity index is 960. The van der Waals surface area contributed by atoms with Gasteiger partial charge in [-0.1, -0.05) is 42.1 Å². The third-order valence-corrected chi connectivity index (χ3v) is 5.84. The molecule has 29 heavy (non-hydrogen) atoms. The number of carbonyl (C=O) groups excluding carboxylic acids is 1. The number of thioether (sulfide) groups is 1. The summed E-state index contributed by atoms with van der Waals surface area (Å²) in [6.07, 6.45) is 0.994. The summed E-state index contributed by atoms with van der Waals surface area (Å²) in [5.41, 5.74) is 3.11. The molecule has 2 N–H and O–H groups in total. The van der Waals surface area contributed by atoms with Gasteiger partial charge in [0.1, 0.15) is 5.75 Å². The number of likely N-dealkylation sites (tertiary alicyclic amines) is 1. The van der Waals surface area contributed by atoms with Crippen molar-refractivity contribution in [3.05, 3.63) is 54.1 Å². The van der Waals surface area contributed by atoms with Crippen LogP contribution in [0.2, 0.25) is 0 Å². The van der Waals surface area contributed by atoms with E-state index in [9.17, 15) is 4.79 Å². The fourth-order valence-corrected chi connectivity index (χ4v) is 4.33. The van der Waals surface area contributed by atoms with E-state index in [0.717, 1.165) is 48.0 Å². The molecule has 4 rings (SSSR count). The van der Waals surface area contributed by atoms with Gasteiger partial charge in [-0.2, -0.15) is 0 Å². The Labute approximate surface area is 175 Å². The van der Waals surface area contributed by atoms with Crippen molar-refractivity contribution in [2.45, 2.75) is 31.1 Å². The van der Waals surface area contributed by atoms with E-state index in [1.54, 1.807) is 0 Å². The molecule has 2 aromatic carbocycles. The maximum absolute atomic E-state index is 12.4. The molecule has 1 fully saturated rings. The van der Waals surface area contributed by atoms with Crippen LogP contribution in [0, 0.1) is 0 Å². The Kier molecular flexibility index (Phi) is 6.36. The predicted octanol–water partition coefficient (Wildman–Crippen LogP) is 3.44. The van der Waals surface area contributed by atoms with E-state index in [1.807, 2.05) is 31.2 Å². The monoisotopic (exact) mass is 410 g/mol. The van der Waals surface area contributed by atoms with Crippen molar-refractivity contribution in [2.75, 3.05) is 25.4 Å². The van der Waals surface area contributed by atoms with E-state index < -0.39 is 0 Å². The lowest BCUT2D eigenvalue weighted by molar-refractivity contribution is -0.119. The van der Waals surface area contributed by atoms with Gasteiger partial charge in [0.15, 0.2) is 5.16 Å². The molecule has 1 saturated heterocycles. The second-order valence-corrected chi connectivity index (χ2v) is 8.18. The molecule has 0 spiro atoms. The zero-order chi connectivity index (χ0) is 20.1. The Morgan fingerprint density at radius 3 is 3.00 bits per heavy atom. The normalized spacial score (nSPS) is 16.9. The number of hydrogen-bond acceptors (Lipinski definition) is 5. The van der Waals surface area contributed by atoms with Crippen LogP contribution in [0.5, 0.6) is 5.75 Å². The van der Waals surface area contributed by atoms with Crippen LogP contribution in [0.1, 0.15) is 18.9 Å². The highest BCUT2D eigenvalue weighted by molar-refractivity contribution is 7.99. The standard InChI is InChI=1S/C22H26N4O2S/c1-2-28-18-8-9-19-20(12-18)25-22(24-19)29-15-21(27)23-17-10-11-26(14-17)13-16-6-4-3-5-7-16/h3-9,12,17H,2,10-11,13-15H2,1H3,(H,23,27)(H,24,25). The molecule has 6 nitrogen and oxygen atoms in total. The Balaban J connectivity index is 1.24. The highest BCUT2D eigenvalue weighted by Gasteiger charge is 2.23. The summed E-state index contributed by atoms with van der Waals surface area (Å²) in [4.78, 5) is 22.6. The first-order valence-corrected chi connectivity index (χ1v) is 11.0. The second-order valence-electron chi connectivity index (χ2n) is 7.22. The topological polar surface area (TPSA) is 70.2 Å². The summed E-state index contributed by atoms with van der Waals surface area (Å²) in [6, 6.07) is 16.5. The van der Waals surface area contributed by atoms with Crippen molar-refractivity contribution in [3.63, 3.8) is 0 Å². The average molecular weight is 411 g/mol. The van der Waals surface area contributed by atoms with E-state index >= 15 is 0 Å². The minimum atomic E-state index is 0.0528. The molecule has 1 amide bonds. The lowest BCUT2D eigenvalue weighted by Crippen LogP contribution is -2.38. The third-order valence-electron chi connectivity index (χ3n) is 4.97. The first kappa shape index (κ1) is 19.8. The van der Waals surface area contributed by atoms with Gasteiger partial charge in [0.25, 0.3) is 0 Å². The van der Waals surface area contributed by atoms with Crippen LogP contribution >= 0.6 is 11.8 Å². The Hall–Kier alpha value is -2.51. The smallest absolute Gasteiger partial charge is 0.230 e. The SMILES string of the molecule is CCOc1ccc2nc(SCC(=O)NC3CCN(Cc4ccccc4)C3)[nH]c2c1. The largest absolute Gasteiger partial charge is 0.494 e. The predicted molar refractivity (Wildman–Crippen MR) is 116 cm³/mol. The molecule has 1 unspecified atom stereocenters. The molecule has 0 bridgehead atoms. The summed E-state index contributed by atoms with van der Waals surface area (Å²) >= 11 is 1.43. The molecule has 1 atom stereocenters. The summed E-state index contributed by atoms with van der Waals surface area (Å²) in [5.74, 6) is 1.23. The van der Waals surface area contributed by atoms with Gasteiger partial charge in [-0.25, -0.2) is 4.98 Å². The number of nitrogens with one attached hydrogen (secondary N) is 2. The molecule has 1 aliphatic heterocycles. The Morgan fingerprint density at radius 1 is 1.31 bits per heavy atom. The molecule has 0 aliphatic carbocycles. The van der Waals surface area contributed by atoms with Crippen molar-refractivity contribution in [3.8, 4) is 5.75 Å². The number of amides is 1. The van der Waals surface area contributed by atoms with Crippen LogP contribution in [0.3, 0.4) is 0 Å². The lowest BCUT2D eigenvalue weighted by atomic mass is 10.2. The molecule has 1 aliphatic rings. The number of aromatic amines is 1. The molecule has 152 valence electrons. The van der Waals surface area contributed by atoms with E-state index in [2.05, 4.69) is 44.5 Å². The van der Waals surface area contributed by atoms with E-state index in [4.69, 9.17) is 4.74 Å². The Morgan fingerprint density at radius 2 is 2.17 bits per heavy atom. The number of imidazole rings is 1. The quantitative estimate of drug-likeness (QED) is 0.557. The van der Waals surface area contributed by atoms with Gasteiger partial charge in [-0.05, 0) is 31.0 Å². The molecule has 7 heteroatoms. The van der Waals surface area contributed by atoms with Crippen molar-refractivity contribution in [2.24, 2.45) is 0 Å². The summed E-state index contributed by atoms with van der Waals surface area (Å²) in [5, 5.41) is 3.91. The van der Waals surface area contributed by atoms with Crippen LogP contribution in [-0.4, -0.2) is 52.3 Å². The van der Waals surface area contributed by atoms with Crippen LogP contribution in [0.15, 0.2) is 53.7 Å². The van der Waals surface area contributed by atoms with Gasteiger partial charge in [-0.15, -0.1) is 0 Å². The zero-order valence-electron chi connectivity index (χ0n) is 16.6. The lowest BCUT2D eigenvalue weighted by Gasteiger charge is -2.16. The molecule has 0 saturated carbocycles. The number of aromatic nitrogens is 2. The molecular weight excluding hydrogens is 384 g/mol. The molecule has 0 radical (unpaired) electrons. The summed E-state index contributed by atoms with van der Waals surface area (Å²) in [6.45, 7) is 5.44. The zero-order valence-corrected chi connectivity index (χ0v) is 17.4. The first-order chi connectivity index (χ1) is 14.2. The maximum atomic E-state index is 12.4. The van der Waals surface area contributed by atoms with Gasteiger partial charge in [0.2, 0.25) is 5.91 Å². The molecule has 3 aromatic rings. The van der Waals surface area contributed by atoms with Gasteiger partial charge < -0.3 is 15.0 Å². The summed E-state index contributed by atoms with van der Waals surface area (Å²) < 4.78 is 5.52. The van der Waals surface area contributed by atoms with E-state index in [-0.39, 0.29) is 11.9 Å². The number of hydrogen-bond donors (Lipinski definition) is 2. The van der Waals surface area contributed by atoms with Crippen LogP contribution in [-0.2, 0) is 11.3 Å². The minimum absolute atomic E-state index is 0.0528. The van der Waals surface area contributed by atoms with Gasteiger partial charge in [-0.3, -0.25) is 9.69 Å². The maximum Gasteiger partial charge on any atom is 0.230 e. The van der Waals surface area contributed by atoms with Crippen LogP contribution in [0.25, 0.3) is 11.0 Å². The van der Waals surface area contributed by atoms with Crippen LogP contribution < -0.4 is 10.1 Å². The second kappa shape index (κ2) is 9.33. The average Bonchev–Trinajstić information content (AvgIpc) is 3.33. The van der Waals surface area contributed by atoms with Gasteiger partial charge in [0.05, 0.1) is 23.4 Å².